The van der Waals surface area contributed by atoms with Crippen molar-refractivity contribution in [3.8, 4) is 22.9 Å². The van der Waals surface area contributed by atoms with Crippen molar-refractivity contribution >= 4 is 11.9 Å². The molecule has 2 aromatic heterocycles. The molecule has 31 heavy (non-hydrogen) atoms. The molecule has 0 aliphatic rings. The lowest BCUT2D eigenvalue weighted by Gasteiger charge is -2.06. The summed E-state index contributed by atoms with van der Waals surface area (Å²) in [4.78, 5) is 27.8. The van der Waals surface area contributed by atoms with Gasteiger partial charge < -0.3 is 19.2 Å². The molecule has 0 bridgehead atoms. The van der Waals surface area contributed by atoms with Crippen LogP contribution in [0.2, 0.25) is 0 Å². The summed E-state index contributed by atoms with van der Waals surface area (Å²) in [5.41, 5.74) is 2.66. The highest BCUT2D eigenvalue weighted by Crippen LogP contribution is 2.21. The number of hydrogen-bond donors (Lipinski definition) is 2. The lowest BCUT2D eigenvalue weighted by Crippen LogP contribution is -2.14. The van der Waals surface area contributed by atoms with Gasteiger partial charge in [-0.25, -0.2) is 4.79 Å². The third-order valence-corrected chi connectivity index (χ3v) is 4.82. The van der Waals surface area contributed by atoms with E-state index in [9.17, 15) is 14.7 Å². The van der Waals surface area contributed by atoms with E-state index in [1.54, 1.807) is 66.9 Å². The number of methoxy groups -OCH3 is 1. The molecule has 0 spiro atoms. The minimum atomic E-state index is -0.331. The fraction of sp³-hybridized carbons (Fsp3) is 0.0833. The van der Waals surface area contributed by atoms with Crippen molar-refractivity contribution < 1.29 is 19.1 Å². The van der Waals surface area contributed by atoms with Gasteiger partial charge in [0.15, 0.2) is 11.5 Å². The van der Waals surface area contributed by atoms with Crippen LogP contribution < -0.4 is 10.4 Å². The molecule has 2 aromatic carbocycles. The Hall–Kier alpha value is -4.10. The minimum Gasteiger partial charge on any atom is -0.496 e. The molecular formula is C24H20N2O5. The second-order valence-corrected chi connectivity index (χ2v) is 6.80. The van der Waals surface area contributed by atoms with Crippen molar-refractivity contribution in [2.75, 3.05) is 7.11 Å². The number of carbonyl (C=O) groups is 1. The van der Waals surface area contributed by atoms with E-state index in [-0.39, 0.29) is 18.1 Å². The Labute approximate surface area is 177 Å². The number of ketones is 1. The summed E-state index contributed by atoms with van der Waals surface area (Å²) >= 11 is 0. The number of carbonyl (C=O) groups excluding carboxylic acids is 1. The molecule has 0 radical (unpaired) electrons. The summed E-state index contributed by atoms with van der Waals surface area (Å²) in [6.45, 7) is -0.126. The standard InChI is InChI=1S/C24H20N2O5/c1-30-23-12-16(7-9-18(23)15-27)8-10-21(28)17-4-2-5-19(13-17)26-14-20(25-24(26)29)22-6-3-11-31-22/h2-14,27H,15H2,1H3,(H,25,29). The van der Waals surface area contributed by atoms with E-state index in [2.05, 4.69) is 4.98 Å². The van der Waals surface area contributed by atoms with Crippen molar-refractivity contribution in [3.05, 3.63) is 100 Å². The highest BCUT2D eigenvalue weighted by Gasteiger charge is 2.11. The molecule has 7 nitrogen and oxygen atoms in total. The van der Waals surface area contributed by atoms with Crippen LogP contribution in [0.5, 0.6) is 5.75 Å². The highest BCUT2D eigenvalue weighted by atomic mass is 16.5. The number of aliphatic hydroxyl groups excluding tert-OH is 1. The second kappa shape index (κ2) is 8.73. The van der Waals surface area contributed by atoms with Crippen molar-refractivity contribution in [1.29, 1.82) is 0 Å². The SMILES string of the molecule is COc1cc(C=CC(=O)c2cccc(-n3cc(-c4ccco4)[nH]c3=O)c2)ccc1CO. The second-order valence-electron chi connectivity index (χ2n) is 6.80. The molecule has 4 rings (SSSR count). The van der Waals surface area contributed by atoms with E-state index in [1.165, 1.54) is 24.0 Å². The largest absolute Gasteiger partial charge is 0.496 e. The van der Waals surface area contributed by atoms with E-state index < -0.39 is 0 Å². The van der Waals surface area contributed by atoms with Gasteiger partial charge in [0, 0.05) is 17.3 Å². The molecule has 0 aliphatic heterocycles. The number of imidazole rings is 1. The molecule has 0 saturated heterocycles. The number of aliphatic hydroxyl groups is 1. The first-order valence-corrected chi connectivity index (χ1v) is 9.55. The van der Waals surface area contributed by atoms with Crippen LogP contribution in [0.1, 0.15) is 21.5 Å². The molecule has 2 N–H and O–H groups in total. The van der Waals surface area contributed by atoms with Gasteiger partial charge in [-0.2, -0.15) is 0 Å². The maximum absolute atomic E-state index is 12.7. The number of H-pyrrole nitrogens is 1. The first kappa shape index (κ1) is 20.2. The highest BCUT2D eigenvalue weighted by molar-refractivity contribution is 6.07. The van der Waals surface area contributed by atoms with Gasteiger partial charge in [0.2, 0.25) is 0 Å². The van der Waals surface area contributed by atoms with E-state index >= 15 is 0 Å². The lowest BCUT2D eigenvalue weighted by molar-refractivity contribution is 0.104. The van der Waals surface area contributed by atoms with Crippen molar-refractivity contribution in [2.45, 2.75) is 6.61 Å². The maximum Gasteiger partial charge on any atom is 0.330 e. The first-order chi connectivity index (χ1) is 15.1. The number of nitrogens with one attached hydrogen (secondary N) is 1. The Balaban J connectivity index is 1.58. The average Bonchev–Trinajstić information content (AvgIpc) is 3.47. The van der Waals surface area contributed by atoms with Gasteiger partial charge in [-0.3, -0.25) is 9.36 Å². The van der Waals surface area contributed by atoms with Crippen LogP contribution in [-0.2, 0) is 6.61 Å². The van der Waals surface area contributed by atoms with Crippen LogP contribution >= 0.6 is 0 Å². The summed E-state index contributed by atoms with van der Waals surface area (Å²) in [5.74, 6) is 0.897. The first-order valence-electron chi connectivity index (χ1n) is 9.55. The van der Waals surface area contributed by atoms with E-state index in [1.807, 2.05) is 0 Å². The summed E-state index contributed by atoms with van der Waals surface area (Å²) < 4.78 is 12.0. The third-order valence-electron chi connectivity index (χ3n) is 4.82. The molecule has 4 aromatic rings. The van der Waals surface area contributed by atoms with Crippen LogP contribution in [0.4, 0.5) is 0 Å². The van der Waals surface area contributed by atoms with Gasteiger partial charge in [-0.05, 0) is 42.0 Å². The molecule has 0 unspecified atom stereocenters. The zero-order valence-electron chi connectivity index (χ0n) is 16.7. The molecule has 0 aliphatic carbocycles. The number of nitrogens with zero attached hydrogens (tertiary/aromatic N) is 1. The van der Waals surface area contributed by atoms with E-state index in [0.717, 1.165) is 5.56 Å². The summed E-state index contributed by atoms with van der Waals surface area (Å²) in [6, 6.07) is 15.6. The number of allylic oxidation sites excluding steroid dienone is 1. The number of ether oxygens (including phenoxy) is 1. The molecular weight excluding hydrogens is 396 g/mol. The number of benzene rings is 2. The Morgan fingerprint density at radius 2 is 2.06 bits per heavy atom. The molecule has 156 valence electrons. The van der Waals surface area contributed by atoms with Crippen LogP contribution in [-0.4, -0.2) is 27.6 Å². The topological polar surface area (TPSA) is 97.5 Å². The number of aromatic nitrogens is 2. The smallest absolute Gasteiger partial charge is 0.330 e. The number of rotatable bonds is 7. The number of aromatic amines is 1. The van der Waals surface area contributed by atoms with Gasteiger partial charge in [-0.1, -0.05) is 30.3 Å². The summed E-state index contributed by atoms with van der Waals surface area (Å²) in [6.07, 6.45) is 6.30. The molecule has 0 fully saturated rings. The van der Waals surface area contributed by atoms with Gasteiger partial charge >= 0.3 is 5.69 Å². The Kier molecular flexibility index (Phi) is 5.68. The van der Waals surface area contributed by atoms with Gasteiger partial charge in [0.05, 0.1) is 25.7 Å². The summed E-state index contributed by atoms with van der Waals surface area (Å²) in [5, 5.41) is 9.32. The number of furan rings is 1. The number of hydrogen-bond acceptors (Lipinski definition) is 5. The lowest BCUT2D eigenvalue weighted by atomic mass is 10.1. The van der Waals surface area contributed by atoms with Crippen LogP contribution in [0.3, 0.4) is 0 Å². The van der Waals surface area contributed by atoms with E-state index in [4.69, 9.17) is 9.15 Å². The zero-order chi connectivity index (χ0) is 21.8. The summed E-state index contributed by atoms with van der Waals surface area (Å²) in [7, 11) is 1.53. The maximum atomic E-state index is 12.7. The van der Waals surface area contributed by atoms with Crippen LogP contribution in [0.15, 0.2) is 82.3 Å². The Morgan fingerprint density at radius 3 is 2.81 bits per heavy atom. The quantitative estimate of drug-likeness (QED) is 0.353. The van der Waals surface area contributed by atoms with Crippen LogP contribution in [0, 0.1) is 0 Å². The molecule has 0 amide bonds. The molecule has 0 saturated carbocycles. The minimum absolute atomic E-state index is 0.126. The Morgan fingerprint density at radius 1 is 1.19 bits per heavy atom. The van der Waals surface area contributed by atoms with Crippen molar-refractivity contribution in [1.82, 2.24) is 9.55 Å². The van der Waals surface area contributed by atoms with Gasteiger partial charge in [0.25, 0.3) is 0 Å². The average molecular weight is 416 g/mol. The third kappa shape index (κ3) is 4.26. The molecule has 0 atom stereocenters. The van der Waals surface area contributed by atoms with Crippen LogP contribution in [0.25, 0.3) is 23.2 Å². The fourth-order valence-electron chi connectivity index (χ4n) is 3.22. The van der Waals surface area contributed by atoms with Crippen molar-refractivity contribution in [2.24, 2.45) is 0 Å². The van der Waals surface area contributed by atoms with Gasteiger partial charge in [-0.15, -0.1) is 0 Å². The predicted molar refractivity (Wildman–Crippen MR) is 116 cm³/mol. The molecule has 7 heteroatoms. The predicted octanol–water partition coefficient (Wildman–Crippen LogP) is 3.82. The zero-order valence-corrected chi connectivity index (χ0v) is 16.7. The van der Waals surface area contributed by atoms with Crippen molar-refractivity contribution in [3.63, 3.8) is 0 Å². The monoisotopic (exact) mass is 416 g/mol. The van der Waals surface area contributed by atoms with E-state index in [0.29, 0.717) is 34.0 Å². The fourth-order valence-corrected chi connectivity index (χ4v) is 3.22. The normalized spacial score (nSPS) is 11.2. The Bertz CT molecular complexity index is 1300. The van der Waals surface area contributed by atoms with Gasteiger partial charge in [0.1, 0.15) is 11.4 Å². The molecule has 2 heterocycles.